The van der Waals surface area contributed by atoms with E-state index in [0.29, 0.717) is 6.04 Å². The van der Waals surface area contributed by atoms with Crippen molar-refractivity contribution in [3.05, 3.63) is 71.8 Å². The molecule has 0 aliphatic heterocycles. The monoisotopic (exact) mass is 443 g/mol. The third kappa shape index (κ3) is 13.0. The number of hydrogen-bond acceptors (Lipinski definition) is 0. The summed E-state index contributed by atoms with van der Waals surface area (Å²) < 4.78 is 0. The molecule has 0 spiro atoms. The summed E-state index contributed by atoms with van der Waals surface area (Å²) in [6.07, 6.45) is 20.0. The second-order valence-corrected chi connectivity index (χ2v) is 8.92. The maximum Gasteiger partial charge on any atom is 0.137 e. The lowest BCUT2D eigenvalue weighted by molar-refractivity contribution is -0.687. The second kappa shape index (κ2) is 19.4. The van der Waals surface area contributed by atoms with E-state index in [4.69, 9.17) is 0 Å². The summed E-state index contributed by atoms with van der Waals surface area (Å²) in [7, 11) is 0. The predicted octanol–water partition coefficient (Wildman–Crippen LogP) is 4.82. The molecule has 0 saturated heterocycles. The molecule has 0 fully saturated rings. The Balaban J connectivity index is 0.00000480. The number of rotatable bonds is 18. The van der Waals surface area contributed by atoms with E-state index in [0.717, 1.165) is 0 Å². The van der Waals surface area contributed by atoms with Crippen LogP contribution in [0.1, 0.15) is 114 Å². The second-order valence-electron chi connectivity index (χ2n) is 8.92. The first kappa shape index (κ1) is 27.7. The fourth-order valence-electron chi connectivity index (χ4n) is 4.41. The van der Waals surface area contributed by atoms with Crippen LogP contribution in [0.2, 0.25) is 0 Å². The molecule has 0 radical (unpaired) electrons. The molecule has 0 aromatic heterocycles. The minimum Gasteiger partial charge on any atom is -1.00 e. The Morgan fingerprint density at radius 1 is 0.516 bits per heavy atom. The zero-order valence-corrected chi connectivity index (χ0v) is 20.7. The maximum absolute atomic E-state index is 2.53. The van der Waals surface area contributed by atoms with Gasteiger partial charge in [0.1, 0.15) is 6.04 Å². The van der Waals surface area contributed by atoms with Gasteiger partial charge in [0.05, 0.1) is 6.54 Å². The van der Waals surface area contributed by atoms with Crippen LogP contribution in [0.25, 0.3) is 0 Å². The largest absolute Gasteiger partial charge is 1.00 e. The van der Waals surface area contributed by atoms with Gasteiger partial charge in [0.2, 0.25) is 0 Å². The SMILES string of the molecule is CCCCCCCCCCCCCCCC[NH2+]C(c1ccccc1)c1ccccc1.[Cl-]. The summed E-state index contributed by atoms with van der Waals surface area (Å²) in [5, 5.41) is 2.53. The fraction of sp³-hybridized carbons (Fsp3) is 0.586. The van der Waals surface area contributed by atoms with Crippen LogP contribution < -0.4 is 17.7 Å². The molecule has 0 aliphatic rings. The molecule has 0 bridgehead atoms. The molecule has 0 saturated carbocycles. The van der Waals surface area contributed by atoms with Gasteiger partial charge < -0.3 is 17.7 Å². The summed E-state index contributed by atoms with van der Waals surface area (Å²) in [6.45, 7) is 3.51. The summed E-state index contributed by atoms with van der Waals surface area (Å²) in [4.78, 5) is 0. The average Bonchev–Trinajstić information content (AvgIpc) is 2.80. The summed E-state index contributed by atoms with van der Waals surface area (Å²) in [5.41, 5.74) is 2.82. The first-order chi connectivity index (χ1) is 14.9. The van der Waals surface area contributed by atoms with Gasteiger partial charge in [-0.2, -0.15) is 0 Å². The highest BCUT2D eigenvalue weighted by atomic mass is 35.5. The molecule has 2 aromatic rings. The Morgan fingerprint density at radius 3 is 1.26 bits per heavy atom. The molecule has 2 rings (SSSR count). The van der Waals surface area contributed by atoms with Crippen molar-refractivity contribution in [2.75, 3.05) is 6.54 Å². The van der Waals surface area contributed by atoms with Crippen LogP contribution in [-0.4, -0.2) is 6.54 Å². The third-order valence-electron chi connectivity index (χ3n) is 6.28. The van der Waals surface area contributed by atoms with Crippen LogP contribution in [0.3, 0.4) is 0 Å². The summed E-state index contributed by atoms with van der Waals surface area (Å²) in [5.74, 6) is 0. The molecule has 2 aromatic carbocycles. The molecule has 0 amide bonds. The van der Waals surface area contributed by atoms with E-state index in [2.05, 4.69) is 72.9 Å². The van der Waals surface area contributed by atoms with Gasteiger partial charge in [-0.15, -0.1) is 0 Å². The van der Waals surface area contributed by atoms with Crippen molar-refractivity contribution in [1.29, 1.82) is 0 Å². The van der Waals surface area contributed by atoms with Crippen LogP contribution in [-0.2, 0) is 0 Å². The normalized spacial score (nSPS) is 10.9. The van der Waals surface area contributed by atoms with Crippen LogP contribution in [0.15, 0.2) is 60.7 Å². The van der Waals surface area contributed by atoms with Gasteiger partial charge in [0.25, 0.3) is 0 Å². The molecule has 2 N–H and O–H groups in total. The summed E-state index contributed by atoms with van der Waals surface area (Å²) >= 11 is 0. The van der Waals surface area contributed by atoms with Crippen molar-refractivity contribution in [3.63, 3.8) is 0 Å². The van der Waals surface area contributed by atoms with Crippen molar-refractivity contribution in [1.82, 2.24) is 0 Å². The molecule has 174 valence electrons. The van der Waals surface area contributed by atoms with Crippen molar-refractivity contribution < 1.29 is 17.7 Å². The standard InChI is InChI=1S/C29H45N.ClH/c1-2-3-4-5-6-7-8-9-10-11-12-13-14-21-26-30-29(27-22-17-15-18-23-27)28-24-19-16-20-25-28;/h15-20,22-25,29-30H,2-14,21,26H2,1H3;1H. The zero-order valence-electron chi connectivity index (χ0n) is 19.9. The highest BCUT2D eigenvalue weighted by Crippen LogP contribution is 2.18. The highest BCUT2D eigenvalue weighted by Gasteiger charge is 2.16. The lowest BCUT2D eigenvalue weighted by Gasteiger charge is -2.16. The van der Waals surface area contributed by atoms with E-state index >= 15 is 0 Å². The van der Waals surface area contributed by atoms with Crippen LogP contribution in [0.5, 0.6) is 0 Å². The van der Waals surface area contributed by atoms with Gasteiger partial charge in [-0.25, -0.2) is 0 Å². The maximum atomic E-state index is 2.53. The van der Waals surface area contributed by atoms with Crippen LogP contribution in [0, 0.1) is 0 Å². The van der Waals surface area contributed by atoms with E-state index < -0.39 is 0 Å². The van der Waals surface area contributed by atoms with E-state index in [1.807, 2.05) is 0 Å². The molecule has 2 heteroatoms. The molecule has 0 aliphatic carbocycles. The molecule has 1 nitrogen and oxygen atoms in total. The Morgan fingerprint density at radius 2 is 0.871 bits per heavy atom. The van der Waals surface area contributed by atoms with Gasteiger partial charge in [-0.3, -0.25) is 0 Å². The van der Waals surface area contributed by atoms with Crippen molar-refractivity contribution in [3.8, 4) is 0 Å². The first-order valence-electron chi connectivity index (χ1n) is 12.8. The molecule has 0 heterocycles. The van der Waals surface area contributed by atoms with Crippen molar-refractivity contribution >= 4 is 0 Å². The Kier molecular flexibility index (Phi) is 17.3. The number of benzene rings is 2. The van der Waals surface area contributed by atoms with Crippen molar-refractivity contribution in [2.45, 2.75) is 103 Å². The quantitative estimate of drug-likeness (QED) is 0.318. The summed E-state index contributed by atoms with van der Waals surface area (Å²) in [6, 6.07) is 22.3. The Hall–Kier alpha value is -1.31. The van der Waals surface area contributed by atoms with E-state index in [-0.39, 0.29) is 12.4 Å². The minimum absolute atomic E-state index is 0. The van der Waals surface area contributed by atoms with Crippen LogP contribution >= 0.6 is 0 Å². The Labute approximate surface area is 198 Å². The van der Waals surface area contributed by atoms with Gasteiger partial charge >= 0.3 is 0 Å². The van der Waals surface area contributed by atoms with Crippen molar-refractivity contribution in [2.24, 2.45) is 0 Å². The number of quaternary nitrogens is 1. The molecular formula is C29H46ClN. The lowest BCUT2D eigenvalue weighted by Crippen LogP contribution is -3.00. The lowest BCUT2D eigenvalue weighted by atomic mass is 9.98. The smallest absolute Gasteiger partial charge is 0.137 e. The van der Waals surface area contributed by atoms with Crippen LogP contribution in [0.4, 0.5) is 0 Å². The van der Waals surface area contributed by atoms with E-state index in [1.54, 1.807) is 0 Å². The Bertz CT molecular complexity index is 574. The average molecular weight is 444 g/mol. The van der Waals surface area contributed by atoms with E-state index in [9.17, 15) is 0 Å². The molecule has 0 atom stereocenters. The minimum atomic E-state index is 0. The topological polar surface area (TPSA) is 16.6 Å². The molecular weight excluding hydrogens is 398 g/mol. The van der Waals surface area contributed by atoms with Gasteiger partial charge in [0.15, 0.2) is 0 Å². The van der Waals surface area contributed by atoms with Gasteiger partial charge in [-0.05, 0) is 12.8 Å². The molecule has 0 unspecified atom stereocenters. The highest BCUT2D eigenvalue weighted by molar-refractivity contribution is 5.29. The van der Waals surface area contributed by atoms with Gasteiger partial charge in [0, 0.05) is 11.1 Å². The predicted molar refractivity (Wildman–Crippen MR) is 132 cm³/mol. The zero-order chi connectivity index (χ0) is 21.1. The fourth-order valence-corrected chi connectivity index (χ4v) is 4.41. The number of hydrogen-bond donors (Lipinski definition) is 1. The molecule has 31 heavy (non-hydrogen) atoms. The number of nitrogens with two attached hydrogens (primary N) is 1. The number of unbranched alkanes of at least 4 members (excludes halogenated alkanes) is 13. The van der Waals surface area contributed by atoms with E-state index in [1.165, 1.54) is 108 Å². The number of halogens is 1. The van der Waals surface area contributed by atoms with Gasteiger partial charge in [-0.1, -0.05) is 145 Å². The first-order valence-corrected chi connectivity index (χ1v) is 12.8. The third-order valence-corrected chi connectivity index (χ3v) is 6.28.